The zero-order chi connectivity index (χ0) is 16.4. The van der Waals surface area contributed by atoms with Gasteiger partial charge in [0.2, 0.25) is 0 Å². The van der Waals surface area contributed by atoms with E-state index < -0.39 is 0 Å². The minimum absolute atomic E-state index is 0.102. The van der Waals surface area contributed by atoms with Crippen molar-refractivity contribution < 1.29 is 9.47 Å². The molecule has 2 fully saturated rings. The van der Waals surface area contributed by atoms with Crippen LogP contribution in [-0.2, 0) is 16.1 Å². The lowest BCUT2D eigenvalue weighted by molar-refractivity contribution is 0.0232. The molecule has 0 unspecified atom stereocenters. The van der Waals surface area contributed by atoms with Crippen molar-refractivity contribution in [2.75, 3.05) is 26.3 Å². The Balaban J connectivity index is 1.52. The molecule has 2 aliphatic rings. The summed E-state index contributed by atoms with van der Waals surface area (Å²) in [5, 5.41) is 4.45. The molecule has 7 heteroatoms. The van der Waals surface area contributed by atoms with Crippen molar-refractivity contribution in [3.05, 3.63) is 34.9 Å². The second-order valence-corrected chi connectivity index (χ2v) is 6.66. The summed E-state index contributed by atoms with van der Waals surface area (Å²) in [5.74, 6) is 0. The Morgan fingerprint density at radius 3 is 2.42 bits per heavy atom. The van der Waals surface area contributed by atoms with Gasteiger partial charge >= 0.3 is 5.69 Å². The first-order valence-electron chi connectivity index (χ1n) is 8.79. The molecule has 2 saturated heterocycles. The van der Waals surface area contributed by atoms with Crippen molar-refractivity contribution in [3.8, 4) is 0 Å². The van der Waals surface area contributed by atoms with E-state index in [1.54, 1.807) is 15.3 Å². The third kappa shape index (κ3) is 3.38. The number of hydrogen-bond acceptors (Lipinski definition) is 5. The second kappa shape index (κ2) is 7.04. The summed E-state index contributed by atoms with van der Waals surface area (Å²) in [5.41, 5.74) is 0.576. The molecule has 0 N–H and O–H groups in total. The van der Waals surface area contributed by atoms with Crippen molar-refractivity contribution in [1.29, 1.82) is 0 Å². The van der Waals surface area contributed by atoms with Crippen LogP contribution in [0.5, 0.6) is 0 Å². The standard InChI is InChI=1S/C17H24N4O3/c22-17-20-8-2-1-7-16(20)18-21(17)13-19(11-14-5-3-9-23-14)12-15-6-4-10-24-15/h1-2,7-8,14-15H,3-6,9-13H2/t14-,15-/m0/s1. The highest BCUT2D eigenvalue weighted by Crippen LogP contribution is 2.17. The van der Waals surface area contributed by atoms with Gasteiger partial charge in [-0.25, -0.2) is 4.79 Å². The quantitative estimate of drug-likeness (QED) is 0.793. The van der Waals surface area contributed by atoms with Gasteiger partial charge < -0.3 is 9.47 Å². The molecule has 4 rings (SSSR count). The lowest BCUT2D eigenvalue weighted by atomic mass is 10.2. The van der Waals surface area contributed by atoms with Gasteiger partial charge in [0.15, 0.2) is 5.65 Å². The maximum Gasteiger partial charge on any atom is 0.351 e. The van der Waals surface area contributed by atoms with Crippen LogP contribution in [0.15, 0.2) is 29.2 Å². The van der Waals surface area contributed by atoms with Crippen LogP contribution >= 0.6 is 0 Å². The Morgan fingerprint density at radius 2 is 1.83 bits per heavy atom. The molecule has 2 aromatic heterocycles. The van der Waals surface area contributed by atoms with Crippen molar-refractivity contribution in [1.82, 2.24) is 19.1 Å². The van der Waals surface area contributed by atoms with E-state index in [1.807, 2.05) is 18.2 Å². The number of ether oxygens (including phenoxy) is 2. The van der Waals surface area contributed by atoms with Crippen LogP contribution in [0.2, 0.25) is 0 Å². The average molecular weight is 332 g/mol. The summed E-state index contributed by atoms with van der Waals surface area (Å²) in [6, 6.07) is 5.59. The van der Waals surface area contributed by atoms with Gasteiger partial charge in [0.05, 0.1) is 18.9 Å². The Labute approximate surface area is 140 Å². The van der Waals surface area contributed by atoms with E-state index in [9.17, 15) is 4.79 Å². The molecule has 7 nitrogen and oxygen atoms in total. The van der Waals surface area contributed by atoms with Gasteiger partial charge in [0.25, 0.3) is 0 Å². The zero-order valence-corrected chi connectivity index (χ0v) is 13.8. The summed E-state index contributed by atoms with van der Waals surface area (Å²) in [7, 11) is 0. The lowest BCUT2D eigenvalue weighted by Crippen LogP contribution is -2.41. The minimum atomic E-state index is -0.102. The summed E-state index contributed by atoms with van der Waals surface area (Å²) >= 11 is 0. The molecule has 2 aliphatic heterocycles. The number of hydrogen-bond donors (Lipinski definition) is 0. The lowest BCUT2D eigenvalue weighted by Gasteiger charge is -2.26. The third-order valence-corrected chi connectivity index (χ3v) is 4.79. The van der Waals surface area contributed by atoms with Gasteiger partial charge in [-0.15, -0.1) is 5.10 Å². The Bertz CT molecular complexity index is 711. The largest absolute Gasteiger partial charge is 0.377 e. The van der Waals surface area contributed by atoms with Crippen molar-refractivity contribution in [2.45, 2.75) is 44.6 Å². The van der Waals surface area contributed by atoms with Crippen LogP contribution in [-0.4, -0.2) is 57.6 Å². The molecular formula is C17H24N4O3. The minimum Gasteiger partial charge on any atom is -0.377 e. The first-order valence-corrected chi connectivity index (χ1v) is 8.79. The van der Waals surface area contributed by atoms with E-state index in [2.05, 4.69) is 10.00 Å². The fourth-order valence-electron chi connectivity index (χ4n) is 3.59. The molecule has 130 valence electrons. The number of fused-ring (bicyclic) bond motifs is 1. The van der Waals surface area contributed by atoms with E-state index in [0.717, 1.165) is 52.0 Å². The van der Waals surface area contributed by atoms with Crippen LogP contribution in [0.4, 0.5) is 0 Å². The van der Waals surface area contributed by atoms with Gasteiger partial charge in [-0.2, -0.15) is 4.68 Å². The maximum atomic E-state index is 12.5. The number of pyridine rings is 1. The Hall–Kier alpha value is -1.70. The van der Waals surface area contributed by atoms with Crippen molar-refractivity contribution in [3.63, 3.8) is 0 Å². The highest BCUT2D eigenvalue weighted by atomic mass is 16.5. The Kier molecular flexibility index (Phi) is 4.64. The first-order chi connectivity index (χ1) is 11.8. The van der Waals surface area contributed by atoms with Crippen LogP contribution < -0.4 is 5.69 Å². The molecular weight excluding hydrogens is 308 g/mol. The molecule has 4 heterocycles. The van der Waals surface area contributed by atoms with E-state index >= 15 is 0 Å². The van der Waals surface area contributed by atoms with Crippen LogP contribution in [0.1, 0.15) is 25.7 Å². The van der Waals surface area contributed by atoms with Gasteiger partial charge in [0.1, 0.15) is 0 Å². The molecule has 0 aliphatic carbocycles. The first kappa shape index (κ1) is 15.8. The smallest absolute Gasteiger partial charge is 0.351 e. The molecule has 0 saturated carbocycles. The monoisotopic (exact) mass is 332 g/mol. The van der Waals surface area contributed by atoms with Crippen LogP contribution in [0, 0.1) is 0 Å². The topological polar surface area (TPSA) is 61.0 Å². The molecule has 2 atom stereocenters. The molecule has 0 amide bonds. The summed E-state index contributed by atoms with van der Waals surface area (Å²) in [6.07, 6.45) is 6.66. The van der Waals surface area contributed by atoms with Gasteiger partial charge in [0, 0.05) is 32.5 Å². The predicted octanol–water partition coefficient (Wildman–Crippen LogP) is 1.11. The Morgan fingerprint density at radius 1 is 1.12 bits per heavy atom. The normalized spacial score (nSPS) is 24.4. The average Bonchev–Trinajstić information content (AvgIpc) is 3.32. The fraction of sp³-hybridized carbons (Fsp3) is 0.647. The van der Waals surface area contributed by atoms with Crippen molar-refractivity contribution >= 4 is 5.65 Å². The van der Waals surface area contributed by atoms with Crippen LogP contribution in [0.3, 0.4) is 0 Å². The van der Waals surface area contributed by atoms with E-state index in [-0.39, 0.29) is 17.9 Å². The second-order valence-electron chi connectivity index (χ2n) is 6.66. The van der Waals surface area contributed by atoms with E-state index in [0.29, 0.717) is 12.3 Å². The van der Waals surface area contributed by atoms with Gasteiger partial charge in [-0.3, -0.25) is 9.30 Å². The van der Waals surface area contributed by atoms with Crippen LogP contribution in [0.25, 0.3) is 5.65 Å². The fourth-order valence-corrected chi connectivity index (χ4v) is 3.59. The molecule has 0 aromatic carbocycles. The third-order valence-electron chi connectivity index (χ3n) is 4.79. The van der Waals surface area contributed by atoms with E-state index in [4.69, 9.17) is 9.47 Å². The van der Waals surface area contributed by atoms with Gasteiger partial charge in [-0.05, 0) is 37.8 Å². The highest BCUT2D eigenvalue weighted by molar-refractivity contribution is 5.35. The summed E-state index contributed by atoms with van der Waals surface area (Å²) < 4.78 is 14.7. The number of aromatic nitrogens is 3. The molecule has 0 radical (unpaired) electrons. The molecule has 2 aromatic rings. The molecule has 0 bridgehead atoms. The van der Waals surface area contributed by atoms with Gasteiger partial charge in [-0.1, -0.05) is 6.07 Å². The zero-order valence-electron chi connectivity index (χ0n) is 13.8. The van der Waals surface area contributed by atoms with E-state index in [1.165, 1.54) is 0 Å². The molecule has 24 heavy (non-hydrogen) atoms. The predicted molar refractivity (Wildman–Crippen MR) is 89.0 cm³/mol. The SMILES string of the molecule is O=c1n(CN(C[C@@H]2CCCO2)C[C@@H]2CCCO2)nc2ccccn12. The summed E-state index contributed by atoms with van der Waals surface area (Å²) in [6.45, 7) is 3.79. The van der Waals surface area contributed by atoms with Crippen molar-refractivity contribution in [2.24, 2.45) is 0 Å². The number of nitrogens with zero attached hydrogens (tertiary/aromatic N) is 4. The maximum absolute atomic E-state index is 12.5. The number of rotatable bonds is 6. The highest BCUT2D eigenvalue weighted by Gasteiger charge is 2.24. The summed E-state index contributed by atoms with van der Waals surface area (Å²) in [4.78, 5) is 14.8. The molecule has 0 spiro atoms.